The second-order valence-electron chi connectivity index (χ2n) is 4.90. The lowest BCUT2D eigenvalue weighted by molar-refractivity contribution is 0.382. The van der Waals surface area contributed by atoms with Gasteiger partial charge in [-0.25, -0.2) is 0 Å². The monoisotopic (exact) mass is 243 g/mol. The smallest absolute Gasteiger partial charge is 0.236 e. The summed E-state index contributed by atoms with van der Waals surface area (Å²) >= 11 is 1.81. The molecule has 5 heteroatoms. The van der Waals surface area contributed by atoms with Crippen molar-refractivity contribution in [2.75, 3.05) is 7.05 Å². The van der Waals surface area contributed by atoms with Gasteiger partial charge in [0.25, 0.3) is 0 Å². The van der Waals surface area contributed by atoms with Crippen molar-refractivity contribution in [3.63, 3.8) is 0 Å². The van der Waals surface area contributed by atoms with E-state index in [-0.39, 0.29) is 4.75 Å². The van der Waals surface area contributed by atoms with Crippen molar-refractivity contribution in [1.29, 1.82) is 0 Å². The molecule has 1 atom stereocenters. The molecule has 1 N–H and O–H groups in total. The maximum Gasteiger partial charge on any atom is 0.236 e. The third kappa shape index (κ3) is 4.99. The van der Waals surface area contributed by atoms with E-state index in [0.29, 0.717) is 6.04 Å². The minimum Gasteiger partial charge on any atom is -0.338 e. The molecule has 0 radical (unpaired) electrons. The van der Waals surface area contributed by atoms with Crippen molar-refractivity contribution in [1.82, 2.24) is 15.5 Å². The molecule has 16 heavy (non-hydrogen) atoms. The average Bonchev–Trinajstić information content (AvgIpc) is 2.61. The first kappa shape index (κ1) is 13.5. The first-order valence-corrected chi connectivity index (χ1v) is 6.52. The van der Waals surface area contributed by atoms with Crippen LogP contribution in [0.4, 0.5) is 0 Å². The Morgan fingerprint density at radius 1 is 1.44 bits per heavy atom. The molecule has 0 spiro atoms. The van der Waals surface area contributed by atoms with E-state index in [1.165, 1.54) is 0 Å². The number of aromatic nitrogens is 2. The van der Waals surface area contributed by atoms with E-state index in [0.717, 1.165) is 23.9 Å². The van der Waals surface area contributed by atoms with Gasteiger partial charge in [0.15, 0.2) is 5.82 Å². The first-order valence-electron chi connectivity index (χ1n) is 5.53. The van der Waals surface area contributed by atoms with Crippen molar-refractivity contribution in [3.8, 4) is 0 Å². The summed E-state index contributed by atoms with van der Waals surface area (Å²) in [6, 6.07) is 0.376. The Labute approximate surface area is 102 Å². The molecule has 0 amide bonds. The summed E-state index contributed by atoms with van der Waals surface area (Å²) in [4.78, 5) is 4.36. The quantitative estimate of drug-likeness (QED) is 0.859. The highest BCUT2D eigenvalue weighted by molar-refractivity contribution is 7.99. The molecule has 0 saturated heterocycles. The van der Waals surface area contributed by atoms with Crippen LogP contribution in [0.25, 0.3) is 0 Å². The minimum atomic E-state index is 0.229. The van der Waals surface area contributed by atoms with Crippen molar-refractivity contribution in [2.24, 2.45) is 0 Å². The van der Waals surface area contributed by atoms with Crippen molar-refractivity contribution in [2.45, 2.75) is 50.7 Å². The summed E-state index contributed by atoms with van der Waals surface area (Å²) in [5.74, 6) is 2.29. The lowest BCUT2D eigenvalue weighted by Crippen LogP contribution is -2.24. The maximum atomic E-state index is 5.20. The Hall–Kier alpha value is -0.550. The second kappa shape index (κ2) is 5.68. The second-order valence-corrected chi connectivity index (χ2v) is 6.70. The number of hydrogen-bond donors (Lipinski definition) is 1. The number of nitrogens with zero attached hydrogens (tertiary/aromatic N) is 2. The molecule has 0 aliphatic carbocycles. The highest BCUT2D eigenvalue weighted by Crippen LogP contribution is 2.26. The van der Waals surface area contributed by atoms with Gasteiger partial charge in [0, 0.05) is 17.2 Å². The highest BCUT2D eigenvalue weighted by atomic mass is 32.2. The molecule has 92 valence electrons. The topological polar surface area (TPSA) is 51.0 Å². The zero-order valence-corrected chi connectivity index (χ0v) is 11.5. The summed E-state index contributed by atoms with van der Waals surface area (Å²) in [6.45, 7) is 8.63. The standard InChI is InChI=1S/C11H21N3OS/c1-8(12-5)6-9-13-10(15-14-9)7-16-11(2,3)4/h8,12H,6-7H2,1-5H3. The van der Waals surface area contributed by atoms with Gasteiger partial charge in [0.05, 0.1) is 5.75 Å². The largest absolute Gasteiger partial charge is 0.338 e. The number of hydrogen-bond acceptors (Lipinski definition) is 5. The molecule has 0 saturated carbocycles. The normalized spacial score (nSPS) is 14.1. The van der Waals surface area contributed by atoms with Crippen LogP contribution in [0.1, 0.15) is 39.4 Å². The van der Waals surface area contributed by atoms with Gasteiger partial charge in [0.1, 0.15) is 0 Å². The van der Waals surface area contributed by atoms with Crippen LogP contribution in [0.5, 0.6) is 0 Å². The van der Waals surface area contributed by atoms with Crippen LogP contribution in [-0.2, 0) is 12.2 Å². The molecule has 0 bridgehead atoms. The number of likely N-dealkylation sites (N-methyl/N-ethyl adjacent to an activating group) is 1. The number of nitrogens with one attached hydrogen (secondary N) is 1. The molecule has 4 nitrogen and oxygen atoms in total. The SMILES string of the molecule is CNC(C)Cc1noc(CSC(C)(C)C)n1. The molecular formula is C11H21N3OS. The van der Waals surface area contributed by atoms with Crippen LogP contribution in [0, 0.1) is 0 Å². The Kier molecular flexibility index (Phi) is 4.80. The first-order chi connectivity index (χ1) is 7.40. The summed E-state index contributed by atoms with van der Waals surface area (Å²) in [7, 11) is 1.93. The molecule has 1 heterocycles. The maximum absolute atomic E-state index is 5.20. The fourth-order valence-electron chi connectivity index (χ4n) is 1.09. The van der Waals surface area contributed by atoms with Gasteiger partial charge in [-0.15, -0.1) is 11.8 Å². The van der Waals surface area contributed by atoms with Crippen molar-refractivity contribution in [3.05, 3.63) is 11.7 Å². The zero-order valence-electron chi connectivity index (χ0n) is 10.7. The van der Waals surface area contributed by atoms with Gasteiger partial charge >= 0.3 is 0 Å². The molecule has 1 unspecified atom stereocenters. The van der Waals surface area contributed by atoms with Gasteiger partial charge in [-0.2, -0.15) is 4.98 Å². The Morgan fingerprint density at radius 3 is 2.69 bits per heavy atom. The molecule has 0 aromatic carbocycles. The van der Waals surface area contributed by atoms with E-state index in [9.17, 15) is 0 Å². The van der Waals surface area contributed by atoms with Crippen LogP contribution in [0.2, 0.25) is 0 Å². The Bertz CT molecular complexity index is 319. The van der Waals surface area contributed by atoms with Crippen LogP contribution in [-0.4, -0.2) is 28.0 Å². The molecule has 0 aliphatic rings. The molecule has 0 fully saturated rings. The lowest BCUT2D eigenvalue weighted by atomic mass is 10.2. The molecule has 0 aliphatic heterocycles. The Balaban J connectivity index is 2.45. The van der Waals surface area contributed by atoms with Gasteiger partial charge in [-0.3, -0.25) is 0 Å². The van der Waals surface area contributed by atoms with Crippen molar-refractivity contribution >= 4 is 11.8 Å². The van der Waals surface area contributed by atoms with E-state index < -0.39 is 0 Å². The highest BCUT2D eigenvalue weighted by Gasteiger charge is 2.14. The van der Waals surface area contributed by atoms with E-state index in [1.807, 2.05) is 18.8 Å². The average molecular weight is 243 g/mol. The van der Waals surface area contributed by atoms with Crippen molar-refractivity contribution < 1.29 is 4.52 Å². The van der Waals surface area contributed by atoms with Gasteiger partial charge < -0.3 is 9.84 Å². The van der Waals surface area contributed by atoms with Crippen LogP contribution >= 0.6 is 11.8 Å². The lowest BCUT2D eigenvalue weighted by Gasteiger charge is -2.15. The summed E-state index contributed by atoms with van der Waals surface area (Å²) < 4.78 is 5.42. The minimum absolute atomic E-state index is 0.229. The summed E-state index contributed by atoms with van der Waals surface area (Å²) in [5, 5.41) is 7.12. The molecular weight excluding hydrogens is 222 g/mol. The van der Waals surface area contributed by atoms with E-state index in [2.05, 4.69) is 43.2 Å². The fraction of sp³-hybridized carbons (Fsp3) is 0.818. The van der Waals surface area contributed by atoms with E-state index >= 15 is 0 Å². The number of rotatable bonds is 5. The molecule has 1 rings (SSSR count). The summed E-state index contributed by atoms with van der Waals surface area (Å²) in [5.41, 5.74) is 0. The van der Waals surface area contributed by atoms with Gasteiger partial charge in [-0.1, -0.05) is 25.9 Å². The third-order valence-electron chi connectivity index (χ3n) is 2.12. The van der Waals surface area contributed by atoms with Crippen LogP contribution in [0.3, 0.4) is 0 Å². The zero-order chi connectivity index (χ0) is 12.2. The summed E-state index contributed by atoms with van der Waals surface area (Å²) in [6.07, 6.45) is 0.806. The predicted octanol–water partition coefficient (Wildman–Crippen LogP) is 2.25. The third-order valence-corrected chi connectivity index (χ3v) is 3.38. The van der Waals surface area contributed by atoms with Gasteiger partial charge in [0.2, 0.25) is 5.89 Å². The van der Waals surface area contributed by atoms with Crippen LogP contribution < -0.4 is 5.32 Å². The number of thioether (sulfide) groups is 1. The van der Waals surface area contributed by atoms with Crippen LogP contribution in [0.15, 0.2) is 4.52 Å². The fourth-order valence-corrected chi connectivity index (χ4v) is 1.76. The Morgan fingerprint density at radius 2 is 2.12 bits per heavy atom. The van der Waals surface area contributed by atoms with E-state index in [4.69, 9.17) is 4.52 Å². The molecule has 1 aromatic rings. The van der Waals surface area contributed by atoms with Gasteiger partial charge in [-0.05, 0) is 14.0 Å². The molecule has 1 aromatic heterocycles. The van der Waals surface area contributed by atoms with E-state index in [1.54, 1.807) is 0 Å². The predicted molar refractivity (Wildman–Crippen MR) is 67.6 cm³/mol.